The van der Waals surface area contributed by atoms with Crippen LogP contribution in [-0.2, 0) is 6.54 Å². The Hall–Kier alpha value is -1.17. The molecular weight excluding hydrogens is 308 g/mol. The Kier molecular flexibility index (Phi) is 4.74. The number of aliphatic hydroxyl groups is 1. The average molecular weight is 325 g/mol. The predicted octanol–water partition coefficient (Wildman–Crippen LogP) is 2.88. The Morgan fingerprint density at radius 1 is 1.42 bits per heavy atom. The molecule has 0 aliphatic carbocycles. The molecule has 2 aromatic rings. The zero-order valence-electron chi connectivity index (χ0n) is 11.0. The van der Waals surface area contributed by atoms with Crippen molar-refractivity contribution < 1.29 is 9.63 Å². The third-order valence-electron chi connectivity index (χ3n) is 3.05. The highest BCUT2D eigenvalue weighted by atomic mass is 79.9. The molecule has 1 aromatic heterocycles. The van der Waals surface area contributed by atoms with Gasteiger partial charge in [0.1, 0.15) is 5.76 Å². The first-order valence-corrected chi connectivity index (χ1v) is 6.93. The van der Waals surface area contributed by atoms with Crippen LogP contribution in [0.4, 0.5) is 0 Å². The summed E-state index contributed by atoms with van der Waals surface area (Å²) in [5.74, 6) is 0.821. The van der Waals surface area contributed by atoms with Crippen LogP contribution in [0.3, 0.4) is 0 Å². The Morgan fingerprint density at radius 2 is 2.21 bits per heavy atom. The van der Waals surface area contributed by atoms with E-state index in [0.717, 1.165) is 27.1 Å². The van der Waals surface area contributed by atoms with Crippen molar-refractivity contribution in [1.82, 2.24) is 10.5 Å². The van der Waals surface area contributed by atoms with Crippen LogP contribution in [-0.4, -0.2) is 16.8 Å². The van der Waals surface area contributed by atoms with Crippen LogP contribution in [0.2, 0.25) is 0 Å². The summed E-state index contributed by atoms with van der Waals surface area (Å²) in [5, 5.41) is 17.2. The minimum Gasteiger partial charge on any atom is -0.387 e. The number of nitrogens with zero attached hydrogens (tertiary/aromatic N) is 1. The molecular formula is C14H17BrN2O2. The van der Waals surface area contributed by atoms with E-state index in [4.69, 9.17) is 4.52 Å². The van der Waals surface area contributed by atoms with Gasteiger partial charge in [0.05, 0.1) is 11.8 Å². The fourth-order valence-electron chi connectivity index (χ4n) is 1.92. The van der Waals surface area contributed by atoms with Crippen LogP contribution >= 0.6 is 15.9 Å². The maximum absolute atomic E-state index is 10.1. The van der Waals surface area contributed by atoms with Crippen molar-refractivity contribution in [2.24, 2.45) is 0 Å². The average Bonchev–Trinajstić information content (AvgIpc) is 2.70. The van der Waals surface area contributed by atoms with E-state index in [0.29, 0.717) is 13.1 Å². The van der Waals surface area contributed by atoms with Crippen LogP contribution in [0.25, 0.3) is 0 Å². The molecule has 1 unspecified atom stereocenters. The molecule has 0 amide bonds. The zero-order valence-corrected chi connectivity index (χ0v) is 12.6. The van der Waals surface area contributed by atoms with E-state index >= 15 is 0 Å². The first-order chi connectivity index (χ1) is 9.08. The molecule has 2 N–H and O–H groups in total. The topological polar surface area (TPSA) is 58.3 Å². The van der Waals surface area contributed by atoms with E-state index in [1.165, 1.54) is 0 Å². The summed E-state index contributed by atoms with van der Waals surface area (Å²) >= 11 is 3.40. The van der Waals surface area contributed by atoms with Crippen LogP contribution in [0.15, 0.2) is 33.3 Å². The number of rotatable bonds is 5. The summed E-state index contributed by atoms with van der Waals surface area (Å²) in [6, 6.07) is 7.68. The maximum Gasteiger partial charge on any atom is 0.138 e. The lowest BCUT2D eigenvalue weighted by atomic mass is 10.1. The molecule has 0 aliphatic rings. The van der Waals surface area contributed by atoms with Gasteiger partial charge < -0.3 is 14.9 Å². The number of hydrogen-bond acceptors (Lipinski definition) is 4. The van der Waals surface area contributed by atoms with Crippen LogP contribution in [0, 0.1) is 13.8 Å². The minimum atomic E-state index is -0.530. The molecule has 0 bridgehead atoms. The molecule has 2 rings (SSSR count). The summed E-state index contributed by atoms with van der Waals surface area (Å²) in [6.07, 6.45) is -0.530. The molecule has 102 valence electrons. The van der Waals surface area contributed by atoms with Gasteiger partial charge in [0.25, 0.3) is 0 Å². The smallest absolute Gasteiger partial charge is 0.138 e. The molecule has 0 radical (unpaired) electrons. The third-order valence-corrected chi connectivity index (χ3v) is 3.55. The second-order valence-corrected chi connectivity index (χ2v) is 5.42. The van der Waals surface area contributed by atoms with Gasteiger partial charge in [-0.2, -0.15) is 0 Å². The molecule has 0 aliphatic heterocycles. The van der Waals surface area contributed by atoms with Crippen molar-refractivity contribution >= 4 is 15.9 Å². The van der Waals surface area contributed by atoms with Crippen molar-refractivity contribution in [1.29, 1.82) is 0 Å². The lowest BCUT2D eigenvalue weighted by molar-refractivity contribution is 0.174. The Bertz CT molecular complexity index is 535. The number of hydrogen-bond donors (Lipinski definition) is 2. The zero-order chi connectivity index (χ0) is 13.8. The fourth-order valence-corrected chi connectivity index (χ4v) is 2.34. The highest BCUT2D eigenvalue weighted by Crippen LogP contribution is 2.18. The van der Waals surface area contributed by atoms with Gasteiger partial charge in [-0.1, -0.05) is 33.2 Å². The van der Waals surface area contributed by atoms with Gasteiger partial charge in [-0.15, -0.1) is 0 Å². The van der Waals surface area contributed by atoms with Crippen molar-refractivity contribution in [2.45, 2.75) is 26.5 Å². The van der Waals surface area contributed by atoms with Gasteiger partial charge >= 0.3 is 0 Å². The van der Waals surface area contributed by atoms with E-state index in [2.05, 4.69) is 26.4 Å². The molecule has 4 nitrogen and oxygen atoms in total. The van der Waals surface area contributed by atoms with E-state index < -0.39 is 6.10 Å². The number of aliphatic hydroxyl groups excluding tert-OH is 1. The Balaban J connectivity index is 1.89. The maximum atomic E-state index is 10.1. The van der Waals surface area contributed by atoms with E-state index in [1.807, 2.05) is 38.1 Å². The highest BCUT2D eigenvalue weighted by Gasteiger charge is 2.11. The van der Waals surface area contributed by atoms with Gasteiger partial charge in [-0.25, -0.2) is 0 Å². The third kappa shape index (κ3) is 3.65. The normalized spacial score (nSPS) is 12.6. The number of aryl methyl sites for hydroxylation is 2. The Morgan fingerprint density at radius 3 is 2.84 bits per heavy atom. The highest BCUT2D eigenvalue weighted by molar-refractivity contribution is 9.10. The lowest BCUT2D eigenvalue weighted by Crippen LogP contribution is -2.21. The molecule has 0 fully saturated rings. The van der Waals surface area contributed by atoms with E-state index in [-0.39, 0.29) is 0 Å². The number of nitrogens with one attached hydrogen (secondary N) is 1. The number of halogens is 1. The van der Waals surface area contributed by atoms with Crippen LogP contribution < -0.4 is 5.32 Å². The molecule has 0 saturated carbocycles. The fraction of sp³-hybridized carbons (Fsp3) is 0.357. The standard InChI is InChI=1S/C14H17BrN2O2/c1-9-13(10(2)19-17-9)7-16-8-14(18)11-4-3-5-12(15)6-11/h3-6,14,16,18H,7-8H2,1-2H3. The van der Waals surface area contributed by atoms with E-state index in [1.54, 1.807) is 0 Å². The van der Waals surface area contributed by atoms with Gasteiger partial charge in [-0.3, -0.25) is 0 Å². The second kappa shape index (κ2) is 6.32. The number of benzene rings is 1. The predicted molar refractivity (Wildman–Crippen MR) is 76.8 cm³/mol. The minimum absolute atomic E-state index is 0.487. The van der Waals surface area contributed by atoms with Crippen molar-refractivity contribution in [3.05, 3.63) is 51.3 Å². The molecule has 5 heteroatoms. The first-order valence-electron chi connectivity index (χ1n) is 6.14. The summed E-state index contributed by atoms with van der Waals surface area (Å²) < 4.78 is 6.06. The molecule has 19 heavy (non-hydrogen) atoms. The molecule has 1 heterocycles. The molecule has 1 aromatic carbocycles. The van der Waals surface area contributed by atoms with Crippen molar-refractivity contribution in [3.8, 4) is 0 Å². The summed E-state index contributed by atoms with van der Waals surface area (Å²) in [5.41, 5.74) is 2.84. The summed E-state index contributed by atoms with van der Waals surface area (Å²) in [4.78, 5) is 0. The molecule has 1 atom stereocenters. The summed E-state index contributed by atoms with van der Waals surface area (Å²) in [6.45, 7) is 4.94. The Labute approximate surface area is 120 Å². The van der Waals surface area contributed by atoms with E-state index in [9.17, 15) is 5.11 Å². The molecule has 0 spiro atoms. The quantitative estimate of drug-likeness (QED) is 0.887. The number of aromatic nitrogens is 1. The van der Waals surface area contributed by atoms with Gasteiger partial charge in [0.2, 0.25) is 0 Å². The summed E-state index contributed by atoms with van der Waals surface area (Å²) in [7, 11) is 0. The largest absolute Gasteiger partial charge is 0.387 e. The SMILES string of the molecule is Cc1noc(C)c1CNCC(O)c1cccc(Br)c1. The van der Waals surface area contributed by atoms with Gasteiger partial charge in [-0.05, 0) is 31.5 Å². The van der Waals surface area contributed by atoms with Gasteiger partial charge in [0.15, 0.2) is 0 Å². The van der Waals surface area contributed by atoms with Crippen molar-refractivity contribution in [2.75, 3.05) is 6.54 Å². The lowest BCUT2D eigenvalue weighted by Gasteiger charge is -2.12. The van der Waals surface area contributed by atoms with Crippen molar-refractivity contribution in [3.63, 3.8) is 0 Å². The van der Waals surface area contributed by atoms with Crippen LogP contribution in [0.5, 0.6) is 0 Å². The van der Waals surface area contributed by atoms with Gasteiger partial charge in [0, 0.05) is 23.1 Å². The van der Waals surface area contributed by atoms with Crippen LogP contribution in [0.1, 0.15) is 28.7 Å². The monoisotopic (exact) mass is 324 g/mol. The second-order valence-electron chi connectivity index (χ2n) is 4.50. The first kappa shape index (κ1) is 14.2. The molecule has 0 saturated heterocycles.